The Morgan fingerprint density at radius 1 is 1.07 bits per heavy atom. The summed E-state index contributed by atoms with van der Waals surface area (Å²) in [6.07, 6.45) is -9.97. The number of amides is 1. The van der Waals surface area contributed by atoms with Crippen LogP contribution in [0, 0.1) is 0 Å². The minimum Gasteiger partial charge on any atom is -0.356 e. The van der Waals surface area contributed by atoms with Crippen LogP contribution in [0.1, 0.15) is 44.6 Å². The van der Waals surface area contributed by atoms with Gasteiger partial charge in [-0.05, 0) is 24.1 Å². The van der Waals surface area contributed by atoms with E-state index in [4.69, 9.17) is 0 Å². The molecule has 1 atom stereocenters. The van der Waals surface area contributed by atoms with Crippen molar-refractivity contribution in [2.24, 2.45) is 0 Å². The van der Waals surface area contributed by atoms with Crippen molar-refractivity contribution in [1.29, 1.82) is 0 Å². The molecule has 0 fully saturated rings. The Kier molecular flexibility index (Phi) is 3.78. The number of hydrogen-bond donors (Lipinski definition) is 1. The lowest BCUT2D eigenvalue weighted by Crippen LogP contribution is -2.46. The summed E-state index contributed by atoms with van der Waals surface area (Å²) in [5.74, 6) is -0.945. The predicted octanol–water partition coefficient (Wildman–Crippen LogP) is 4.90. The third-order valence-corrected chi connectivity index (χ3v) is 5.71. The van der Waals surface area contributed by atoms with Crippen LogP contribution in [0.25, 0.3) is 10.9 Å². The standard InChI is InChI=1S/C20H13F6N3O/c21-19(22,23)11-7-15(20(24,25)26)27-13-8-14-17-10(5-6-29(14)18(30)16(11)13)9-3-1-2-4-12(9)28-17/h1-4,7,14,28H,5-6,8H2/t14-/m0/s1. The van der Waals surface area contributed by atoms with Gasteiger partial charge in [0.15, 0.2) is 0 Å². The fourth-order valence-corrected chi connectivity index (χ4v) is 4.45. The summed E-state index contributed by atoms with van der Waals surface area (Å²) in [5, 5.41) is 0.929. The van der Waals surface area contributed by atoms with Crippen molar-refractivity contribution in [3.05, 3.63) is 64.1 Å². The topological polar surface area (TPSA) is 49.0 Å². The molecule has 0 bridgehead atoms. The van der Waals surface area contributed by atoms with Gasteiger partial charge in [-0.15, -0.1) is 0 Å². The zero-order chi connectivity index (χ0) is 21.4. The van der Waals surface area contributed by atoms with Crippen LogP contribution in [-0.4, -0.2) is 27.3 Å². The van der Waals surface area contributed by atoms with Gasteiger partial charge in [0.05, 0.1) is 22.9 Å². The van der Waals surface area contributed by atoms with Crippen LogP contribution in [0.3, 0.4) is 0 Å². The number of nitrogens with zero attached hydrogens (tertiary/aromatic N) is 2. The zero-order valence-corrected chi connectivity index (χ0v) is 15.2. The quantitative estimate of drug-likeness (QED) is 0.521. The molecule has 2 aliphatic rings. The molecule has 5 rings (SSSR count). The van der Waals surface area contributed by atoms with E-state index in [1.54, 1.807) is 0 Å². The van der Waals surface area contributed by atoms with Gasteiger partial charge in [0.1, 0.15) is 5.69 Å². The van der Waals surface area contributed by atoms with E-state index in [0.29, 0.717) is 12.1 Å². The highest BCUT2D eigenvalue weighted by Crippen LogP contribution is 2.44. The van der Waals surface area contributed by atoms with Crippen LogP contribution in [0.5, 0.6) is 0 Å². The molecular formula is C20H13F6N3O. The number of aromatic amines is 1. The Hall–Kier alpha value is -3.04. The summed E-state index contributed by atoms with van der Waals surface area (Å²) in [7, 11) is 0. The van der Waals surface area contributed by atoms with E-state index in [2.05, 4.69) is 9.97 Å². The van der Waals surface area contributed by atoms with Crippen LogP contribution in [0.2, 0.25) is 0 Å². The summed E-state index contributed by atoms with van der Waals surface area (Å²) < 4.78 is 80.3. The number of fused-ring (bicyclic) bond motifs is 6. The van der Waals surface area contributed by atoms with Gasteiger partial charge in [-0.25, -0.2) is 4.98 Å². The van der Waals surface area contributed by atoms with Gasteiger partial charge in [0, 0.05) is 29.6 Å². The molecule has 4 heterocycles. The van der Waals surface area contributed by atoms with Crippen LogP contribution in [0.4, 0.5) is 26.3 Å². The number of para-hydroxylation sites is 1. The molecule has 156 valence electrons. The minimum absolute atomic E-state index is 0.0740. The number of rotatable bonds is 0. The van der Waals surface area contributed by atoms with E-state index < -0.39 is 46.8 Å². The van der Waals surface area contributed by atoms with Crippen molar-refractivity contribution in [2.75, 3.05) is 6.54 Å². The Morgan fingerprint density at radius 2 is 1.80 bits per heavy atom. The van der Waals surface area contributed by atoms with Gasteiger partial charge in [-0.3, -0.25) is 4.79 Å². The molecule has 1 amide bonds. The summed E-state index contributed by atoms with van der Waals surface area (Å²) in [6.45, 7) is 0.177. The number of halogens is 6. The fourth-order valence-electron chi connectivity index (χ4n) is 4.45. The maximum atomic E-state index is 13.5. The number of benzene rings is 1. The van der Waals surface area contributed by atoms with E-state index in [-0.39, 0.29) is 19.0 Å². The van der Waals surface area contributed by atoms with E-state index in [1.807, 2.05) is 24.3 Å². The summed E-state index contributed by atoms with van der Waals surface area (Å²) in [4.78, 5) is 20.9. The SMILES string of the molecule is O=C1c2c(C(F)(F)F)cc(C(F)(F)F)nc2C[C@H]2c3[nH]c4ccccc4c3CCN12. The van der Waals surface area contributed by atoms with Crippen molar-refractivity contribution in [3.63, 3.8) is 0 Å². The minimum atomic E-state index is -5.11. The molecule has 30 heavy (non-hydrogen) atoms. The maximum Gasteiger partial charge on any atom is 0.433 e. The van der Waals surface area contributed by atoms with Gasteiger partial charge in [-0.2, -0.15) is 26.3 Å². The summed E-state index contributed by atoms with van der Waals surface area (Å²) in [6, 6.07) is 6.61. The lowest BCUT2D eigenvalue weighted by Gasteiger charge is -2.40. The molecule has 3 aromatic rings. The van der Waals surface area contributed by atoms with Gasteiger partial charge in [-0.1, -0.05) is 18.2 Å². The number of nitrogens with one attached hydrogen (secondary N) is 1. The second kappa shape index (κ2) is 5.99. The number of H-pyrrole nitrogens is 1. The number of aromatic nitrogens is 2. The maximum absolute atomic E-state index is 13.5. The molecule has 0 radical (unpaired) electrons. The van der Waals surface area contributed by atoms with Crippen molar-refractivity contribution in [1.82, 2.24) is 14.9 Å². The molecule has 2 aliphatic heterocycles. The highest BCUT2D eigenvalue weighted by Gasteiger charge is 2.47. The Labute approximate surface area is 165 Å². The van der Waals surface area contributed by atoms with Crippen LogP contribution >= 0.6 is 0 Å². The third-order valence-electron chi connectivity index (χ3n) is 5.71. The highest BCUT2D eigenvalue weighted by atomic mass is 19.4. The second-order valence-electron chi connectivity index (χ2n) is 7.40. The molecule has 0 unspecified atom stereocenters. The largest absolute Gasteiger partial charge is 0.433 e. The molecule has 1 aromatic carbocycles. The fraction of sp³-hybridized carbons (Fsp3) is 0.300. The monoisotopic (exact) mass is 425 g/mol. The summed E-state index contributed by atoms with van der Waals surface area (Å²) in [5.41, 5.74) is -2.15. The number of alkyl halides is 6. The second-order valence-corrected chi connectivity index (χ2v) is 7.40. The lowest BCUT2D eigenvalue weighted by molar-refractivity contribution is -0.146. The van der Waals surface area contributed by atoms with Gasteiger partial charge in [0.2, 0.25) is 0 Å². The normalized spacial score (nSPS) is 18.9. The Bertz CT molecular complexity index is 1190. The molecular weight excluding hydrogens is 412 g/mol. The molecule has 10 heteroatoms. The van der Waals surface area contributed by atoms with Crippen LogP contribution in [0.15, 0.2) is 30.3 Å². The van der Waals surface area contributed by atoms with Gasteiger partial charge >= 0.3 is 12.4 Å². The Balaban J connectivity index is 1.71. The molecule has 4 nitrogen and oxygen atoms in total. The van der Waals surface area contributed by atoms with Gasteiger partial charge in [0.25, 0.3) is 5.91 Å². The number of carbonyl (C=O) groups is 1. The molecule has 2 aromatic heterocycles. The molecule has 1 N–H and O–H groups in total. The average molecular weight is 425 g/mol. The number of carbonyl (C=O) groups excluding carboxylic acids is 1. The van der Waals surface area contributed by atoms with Crippen LogP contribution < -0.4 is 0 Å². The first kappa shape index (κ1) is 19.0. The number of hydrogen-bond acceptors (Lipinski definition) is 2. The highest BCUT2D eigenvalue weighted by molar-refractivity contribution is 5.99. The Morgan fingerprint density at radius 3 is 2.50 bits per heavy atom. The van der Waals surface area contributed by atoms with Crippen LogP contribution in [-0.2, 0) is 25.2 Å². The predicted molar refractivity (Wildman–Crippen MR) is 93.7 cm³/mol. The van der Waals surface area contributed by atoms with Crippen molar-refractivity contribution < 1.29 is 31.1 Å². The molecule has 0 aliphatic carbocycles. The van der Waals surface area contributed by atoms with E-state index >= 15 is 0 Å². The average Bonchev–Trinajstić information content (AvgIpc) is 3.05. The van der Waals surface area contributed by atoms with Crippen molar-refractivity contribution in [2.45, 2.75) is 31.2 Å². The molecule has 0 saturated carbocycles. The van der Waals surface area contributed by atoms with Crippen molar-refractivity contribution >= 4 is 16.8 Å². The first-order chi connectivity index (χ1) is 14.1. The van der Waals surface area contributed by atoms with E-state index in [0.717, 1.165) is 16.5 Å². The smallest absolute Gasteiger partial charge is 0.356 e. The number of pyridine rings is 1. The molecule has 0 spiro atoms. The van der Waals surface area contributed by atoms with E-state index in [1.165, 1.54) is 4.90 Å². The van der Waals surface area contributed by atoms with Crippen molar-refractivity contribution in [3.8, 4) is 0 Å². The first-order valence-corrected chi connectivity index (χ1v) is 9.14. The van der Waals surface area contributed by atoms with Gasteiger partial charge < -0.3 is 9.88 Å². The van der Waals surface area contributed by atoms with E-state index in [9.17, 15) is 31.1 Å². The third kappa shape index (κ3) is 2.69. The lowest BCUT2D eigenvalue weighted by atomic mass is 9.87. The summed E-state index contributed by atoms with van der Waals surface area (Å²) >= 11 is 0. The molecule has 0 saturated heterocycles. The first-order valence-electron chi connectivity index (χ1n) is 9.14. The zero-order valence-electron chi connectivity index (χ0n) is 15.2.